The Hall–Kier alpha value is -3.28. The molecule has 0 saturated heterocycles. The van der Waals surface area contributed by atoms with E-state index in [1.54, 1.807) is 18.2 Å². The topological polar surface area (TPSA) is 73.9 Å². The predicted octanol–water partition coefficient (Wildman–Crippen LogP) is 3.66. The summed E-state index contributed by atoms with van der Waals surface area (Å²) < 4.78 is 16.2. The maximum Gasteiger partial charge on any atom is 0.331 e. The summed E-state index contributed by atoms with van der Waals surface area (Å²) in [6.45, 7) is 6.45. The summed E-state index contributed by atoms with van der Waals surface area (Å²) in [5.74, 6) is 0.344. The third kappa shape index (κ3) is 4.91. The second-order valence-electron chi connectivity index (χ2n) is 6.62. The van der Waals surface area contributed by atoms with Crippen LogP contribution in [0, 0.1) is 13.8 Å². The first-order chi connectivity index (χ1) is 13.4. The Bertz CT molecular complexity index is 919. The van der Waals surface area contributed by atoms with Gasteiger partial charge in [0.1, 0.15) is 13.2 Å². The number of aryl methyl sites for hydroxylation is 2. The van der Waals surface area contributed by atoms with Crippen molar-refractivity contribution in [2.45, 2.75) is 26.9 Å². The lowest BCUT2D eigenvalue weighted by Gasteiger charge is -2.18. The van der Waals surface area contributed by atoms with Crippen molar-refractivity contribution >= 4 is 23.6 Å². The number of ether oxygens (including phenoxy) is 3. The average Bonchev–Trinajstić information content (AvgIpc) is 2.68. The van der Waals surface area contributed by atoms with Crippen molar-refractivity contribution in [3.63, 3.8) is 0 Å². The molecule has 1 atom stereocenters. The summed E-state index contributed by atoms with van der Waals surface area (Å²) >= 11 is 0. The van der Waals surface area contributed by atoms with Crippen molar-refractivity contribution in [2.24, 2.45) is 0 Å². The summed E-state index contributed by atoms with van der Waals surface area (Å²) in [7, 11) is 0. The van der Waals surface area contributed by atoms with Gasteiger partial charge < -0.3 is 19.5 Å². The Morgan fingerprint density at radius 3 is 2.57 bits per heavy atom. The molecular weight excluding hydrogens is 358 g/mol. The summed E-state index contributed by atoms with van der Waals surface area (Å²) in [5.41, 5.74) is 3.53. The van der Waals surface area contributed by atoms with E-state index >= 15 is 0 Å². The summed E-state index contributed by atoms with van der Waals surface area (Å²) in [6.07, 6.45) is 1.97. The van der Waals surface area contributed by atoms with Crippen molar-refractivity contribution in [1.82, 2.24) is 0 Å². The fraction of sp³-hybridized carbons (Fsp3) is 0.273. The van der Waals surface area contributed by atoms with Crippen LogP contribution < -0.4 is 14.8 Å². The van der Waals surface area contributed by atoms with E-state index in [-0.39, 0.29) is 5.91 Å². The number of amides is 1. The van der Waals surface area contributed by atoms with Gasteiger partial charge in [0.15, 0.2) is 17.6 Å². The normalized spacial score (nSPS) is 13.8. The van der Waals surface area contributed by atoms with E-state index in [1.165, 1.54) is 13.0 Å². The highest BCUT2D eigenvalue weighted by Gasteiger charge is 2.17. The monoisotopic (exact) mass is 381 g/mol. The Kier molecular flexibility index (Phi) is 5.99. The van der Waals surface area contributed by atoms with E-state index in [1.807, 2.05) is 38.1 Å². The lowest BCUT2D eigenvalue weighted by molar-refractivity contribution is -0.148. The summed E-state index contributed by atoms with van der Waals surface area (Å²) in [4.78, 5) is 24.3. The van der Waals surface area contributed by atoms with Crippen LogP contribution in [0.4, 0.5) is 5.69 Å². The Labute approximate surface area is 164 Å². The highest BCUT2D eigenvalue weighted by molar-refractivity contribution is 5.97. The third-order valence-electron chi connectivity index (χ3n) is 4.28. The van der Waals surface area contributed by atoms with Crippen molar-refractivity contribution in [1.29, 1.82) is 0 Å². The van der Waals surface area contributed by atoms with Gasteiger partial charge in [0, 0.05) is 11.8 Å². The molecule has 0 fully saturated rings. The summed E-state index contributed by atoms with van der Waals surface area (Å²) in [5, 5.41) is 2.78. The first kappa shape index (κ1) is 19.5. The standard InChI is InChI=1S/C22H23NO5/c1-14-4-7-18(15(2)12-14)23-22(25)16(3)28-21(24)9-6-17-5-8-19-20(13-17)27-11-10-26-19/h4-9,12-13,16H,10-11H2,1-3H3,(H,23,25)/b9-6+/t16-/m1/s1. The van der Waals surface area contributed by atoms with Crippen molar-refractivity contribution in [2.75, 3.05) is 18.5 Å². The first-order valence-corrected chi connectivity index (χ1v) is 9.09. The molecule has 2 aromatic carbocycles. The van der Waals surface area contributed by atoms with Gasteiger partial charge in [-0.05, 0) is 56.2 Å². The minimum atomic E-state index is -0.918. The van der Waals surface area contributed by atoms with Gasteiger partial charge >= 0.3 is 5.97 Å². The van der Waals surface area contributed by atoms with Crippen molar-refractivity contribution in [3.8, 4) is 11.5 Å². The van der Waals surface area contributed by atoms with Gasteiger partial charge in [-0.3, -0.25) is 4.79 Å². The second kappa shape index (κ2) is 8.61. The lowest BCUT2D eigenvalue weighted by Crippen LogP contribution is -2.29. The minimum absolute atomic E-state index is 0.381. The van der Waals surface area contributed by atoms with Crippen LogP contribution in [0.2, 0.25) is 0 Å². The molecule has 28 heavy (non-hydrogen) atoms. The van der Waals surface area contributed by atoms with E-state index < -0.39 is 12.1 Å². The molecule has 0 spiro atoms. The zero-order valence-corrected chi connectivity index (χ0v) is 16.2. The smallest absolute Gasteiger partial charge is 0.331 e. The molecule has 0 bridgehead atoms. The molecule has 146 valence electrons. The number of fused-ring (bicyclic) bond motifs is 1. The molecule has 1 N–H and O–H groups in total. The summed E-state index contributed by atoms with van der Waals surface area (Å²) in [6, 6.07) is 11.1. The van der Waals surface area contributed by atoms with Crippen molar-refractivity contribution < 1.29 is 23.8 Å². The number of benzene rings is 2. The number of carbonyl (C=O) groups is 2. The minimum Gasteiger partial charge on any atom is -0.486 e. The van der Waals surface area contributed by atoms with Gasteiger partial charge in [0.25, 0.3) is 5.91 Å². The van der Waals surface area contributed by atoms with Crippen LogP contribution in [-0.2, 0) is 14.3 Å². The van der Waals surface area contributed by atoms with Gasteiger partial charge in [-0.15, -0.1) is 0 Å². The van der Waals surface area contributed by atoms with Crippen LogP contribution >= 0.6 is 0 Å². The molecule has 6 nitrogen and oxygen atoms in total. The van der Waals surface area contributed by atoms with Crippen LogP contribution in [0.15, 0.2) is 42.5 Å². The SMILES string of the molecule is Cc1ccc(NC(=O)[C@@H](C)OC(=O)/C=C/c2ccc3c(c2)OCCO3)c(C)c1. The zero-order valence-electron chi connectivity index (χ0n) is 16.2. The Balaban J connectivity index is 1.56. The van der Waals surface area contributed by atoms with E-state index in [4.69, 9.17) is 14.2 Å². The average molecular weight is 381 g/mol. The van der Waals surface area contributed by atoms with Crippen LogP contribution in [-0.4, -0.2) is 31.2 Å². The molecule has 0 aliphatic carbocycles. The molecule has 1 amide bonds. The number of nitrogens with one attached hydrogen (secondary N) is 1. The molecule has 2 aromatic rings. The number of rotatable bonds is 5. The maximum absolute atomic E-state index is 12.3. The van der Waals surface area contributed by atoms with Gasteiger partial charge in [-0.2, -0.15) is 0 Å². The largest absolute Gasteiger partial charge is 0.486 e. The molecular formula is C22H23NO5. The molecule has 1 aliphatic heterocycles. The van der Waals surface area contributed by atoms with Crippen LogP contribution in [0.25, 0.3) is 6.08 Å². The predicted molar refractivity (Wildman–Crippen MR) is 107 cm³/mol. The number of esters is 1. The Morgan fingerprint density at radius 1 is 1.07 bits per heavy atom. The van der Waals surface area contributed by atoms with E-state index in [0.29, 0.717) is 30.4 Å². The molecule has 1 aliphatic rings. The van der Waals surface area contributed by atoms with Gasteiger partial charge in [-0.25, -0.2) is 4.79 Å². The number of anilines is 1. The highest BCUT2D eigenvalue weighted by Crippen LogP contribution is 2.31. The zero-order chi connectivity index (χ0) is 20.1. The molecule has 0 aromatic heterocycles. The molecule has 0 saturated carbocycles. The van der Waals surface area contributed by atoms with Gasteiger partial charge in [0.2, 0.25) is 0 Å². The number of hydrogen-bond donors (Lipinski definition) is 1. The lowest BCUT2D eigenvalue weighted by atomic mass is 10.1. The van der Waals surface area contributed by atoms with Gasteiger partial charge in [-0.1, -0.05) is 23.8 Å². The highest BCUT2D eigenvalue weighted by atomic mass is 16.6. The fourth-order valence-corrected chi connectivity index (χ4v) is 2.78. The van der Waals surface area contributed by atoms with Crippen molar-refractivity contribution in [3.05, 3.63) is 59.2 Å². The van der Waals surface area contributed by atoms with Gasteiger partial charge in [0.05, 0.1) is 0 Å². The Morgan fingerprint density at radius 2 is 1.82 bits per heavy atom. The third-order valence-corrected chi connectivity index (χ3v) is 4.28. The fourth-order valence-electron chi connectivity index (χ4n) is 2.78. The van der Waals surface area contributed by atoms with E-state index in [2.05, 4.69) is 5.32 Å². The molecule has 1 heterocycles. The first-order valence-electron chi connectivity index (χ1n) is 9.09. The van der Waals surface area contributed by atoms with Crippen LogP contribution in [0.1, 0.15) is 23.6 Å². The second-order valence-corrected chi connectivity index (χ2v) is 6.62. The van der Waals surface area contributed by atoms with Crippen LogP contribution in [0.5, 0.6) is 11.5 Å². The molecule has 3 rings (SSSR count). The quantitative estimate of drug-likeness (QED) is 0.632. The molecule has 6 heteroatoms. The van der Waals surface area contributed by atoms with E-state index in [0.717, 1.165) is 16.7 Å². The molecule has 0 radical (unpaired) electrons. The molecule has 0 unspecified atom stereocenters. The number of carbonyl (C=O) groups excluding carboxylic acids is 2. The number of hydrogen-bond acceptors (Lipinski definition) is 5. The maximum atomic E-state index is 12.3. The van der Waals surface area contributed by atoms with E-state index in [9.17, 15) is 9.59 Å². The van der Waals surface area contributed by atoms with Crippen LogP contribution in [0.3, 0.4) is 0 Å².